The number of carbonyl (C=O) groups excluding carboxylic acids is 1. The third-order valence-corrected chi connectivity index (χ3v) is 0.308. The molecule has 0 aromatic heterocycles. The number of hydrogen-bond acceptors (Lipinski definition) is 2. The third-order valence-electron chi connectivity index (χ3n) is 0.308. The van der Waals surface area contributed by atoms with Gasteiger partial charge >= 0.3 is 6.61 Å². The maximum atomic E-state index is 11.0. The molecule has 0 heterocycles. The fourth-order valence-electron chi connectivity index (χ4n) is 0.117. The fourth-order valence-corrected chi connectivity index (χ4v) is 0.117. The second-order valence-corrected chi connectivity index (χ2v) is 1.07. The van der Waals surface area contributed by atoms with Gasteiger partial charge in [-0.1, -0.05) is 0 Å². The number of rotatable bonds is 3. The largest absolute Gasteiger partial charge is 0.363 e. The summed E-state index contributed by atoms with van der Waals surface area (Å²) >= 11 is 0. The molecule has 0 rings (SSSR count). The number of amides is 1. The first-order valence-corrected chi connectivity index (χ1v) is 1.98. The number of halogens is 2. The van der Waals surface area contributed by atoms with Crippen molar-refractivity contribution in [3.8, 4) is 0 Å². The monoisotopic (exact) mass is 138 g/mol. The summed E-state index contributed by atoms with van der Waals surface area (Å²) in [6.07, 6.45) is 0. The zero-order chi connectivity index (χ0) is 7.28. The lowest BCUT2D eigenvalue weighted by molar-refractivity contribution is -0.192. The highest BCUT2D eigenvalue weighted by molar-refractivity contribution is 5.71. The van der Waals surface area contributed by atoms with Gasteiger partial charge in [0.25, 0.3) is 5.91 Å². The van der Waals surface area contributed by atoms with Crippen LogP contribution in [0, 0.1) is 0 Å². The SMILES string of the molecule is CC(=O)[N][N]OC(F)F. The van der Waals surface area contributed by atoms with E-state index < -0.39 is 12.5 Å². The molecule has 4 nitrogen and oxygen atoms in total. The molecule has 0 aromatic rings. The number of alkyl halides is 2. The lowest BCUT2D eigenvalue weighted by atomic mass is 10.8. The predicted molar refractivity (Wildman–Crippen MR) is 22.0 cm³/mol. The molecule has 1 amide bonds. The van der Waals surface area contributed by atoms with Crippen LogP contribution in [0.3, 0.4) is 0 Å². The maximum absolute atomic E-state index is 11.0. The van der Waals surface area contributed by atoms with E-state index in [-0.39, 0.29) is 0 Å². The molecule has 0 saturated heterocycles. The van der Waals surface area contributed by atoms with Crippen molar-refractivity contribution >= 4 is 5.91 Å². The van der Waals surface area contributed by atoms with E-state index in [1.807, 2.05) is 0 Å². The van der Waals surface area contributed by atoms with Crippen LogP contribution in [0.5, 0.6) is 0 Å². The Balaban J connectivity index is 3.01. The van der Waals surface area contributed by atoms with Crippen LogP contribution in [0.25, 0.3) is 0 Å². The van der Waals surface area contributed by atoms with E-state index in [4.69, 9.17) is 0 Å². The molecule has 0 fully saturated rings. The van der Waals surface area contributed by atoms with E-state index in [1.165, 1.54) is 0 Å². The van der Waals surface area contributed by atoms with Gasteiger partial charge in [0, 0.05) is 6.92 Å². The minimum absolute atomic E-state index is 0.685. The highest BCUT2D eigenvalue weighted by Gasteiger charge is 2.03. The summed E-state index contributed by atoms with van der Waals surface area (Å²) in [7, 11) is 0. The summed E-state index contributed by atoms with van der Waals surface area (Å²) in [5.41, 5.74) is 5.04. The summed E-state index contributed by atoms with van der Waals surface area (Å²) in [6.45, 7) is -1.95. The second kappa shape index (κ2) is 4.16. The summed E-state index contributed by atoms with van der Waals surface area (Å²) in [6, 6.07) is 0. The quantitative estimate of drug-likeness (QED) is 0.507. The van der Waals surface area contributed by atoms with Crippen LogP contribution in [-0.4, -0.2) is 12.5 Å². The average Bonchev–Trinajstić information content (AvgIpc) is 1.63. The van der Waals surface area contributed by atoms with E-state index in [9.17, 15) is 13.6 Å². The van der Waals surface area contributed by atoms with Gasteiger partial charge in [-0.2, -0.15) is 13.6 Å². The minimum atomic E-state index is -3.02. The average molecular weight is 138 g/mol. The summed E-state index contributed by atoms with van der Waals surface area (Å²) < 4.78 is 22.0. The van der Waals surface area contributed by atoms with Gasteiger partial charge in [0.15, 0.2) is 0 Å². The molecule has 0 aliphatic rings. The molecular formula is C3H4F2N2O2. The van der Waals surface area contributed by atoms with Gasteiger partial charge < -0.3 is 0 Å². The Morgan fingerprint density at radius 3 is 2.56 bits per heavy atom. The molecule has 9 heavy (non-hydrogen) atoms. The fraction of sp³-hybridized carbons (Fsp3) is 0.667. The van der Waals surface area contributed by atoms with Crippen LogP contribution in [0.2, 0.25) is 0 Å². The molecule has 0 N–H and O–H groups in total. The Bertz CT molecular complexity index is 97.8. The molecule has 0 aliphatic heterocycles. The van der Waals surface area contributed by atoms with Gasteiger partial charge in [-0.25, -0.2) is 0 Å². The van der Waals surface area contributed by atoms with Crippen molar-refractivity contribution in [1.29, 1.82) is 0 Å². The van der Waals surface area contributed by atoms with Crippen molar-refractivity contribution in [2.75, 3.05) is 0 Å². The van der Waals surface area contributed by atoms with Crippen molar-refractivity contribution in [2.24, 2.45) is 0 Å². The van der Waals surface area contributed by atoms with Gasteiger partial charge in [0.2, 0.25) is 0 Å². The summed E-state index contributed by atoms with van der Waals surface area (Å²) in [5, 5.41) is 0. The van der Waals surface area contributed by atoms with E-state index in [0.717, 1.165) is 6.92 Å². The van der Waals surface area contributed by atoms with E-state index in [1.54, 1.807) is 0 Å². The first-order chi connectivity index (χ1) is 4.13. The molecule has 0 unspecified atom stereocenters. The zero-order valence-corrected chi connectivity index (χ0v) is 4.54. The van der Waals surface area contributed by atoms with Crippen molar-refractivity contribution in [3.63, 3.8) is 0 Å². The molecule has 0 bridgehead atoms. The molecule has 2 radical (unpaired) electrons. The Morgan fingerprint density at radius 1 is 1.67 bits per heavy atom. The van der Waals surface area contributed by atoms with Crippen LogP contribution < -0.4 is 11.0 Å². The first-order valence-electron chi connectivity index (χ1n) is 1.98. The highest BCUT2D eigenvalue weighted by atomic mass is 19.3. The predicted octanol–water partition coefficient (Wildman–Crippen LogP) is -0.189. The van der Waals surface area contributed by atoms with Gasteiger partial charge in [0.05, 0.1) is 5.59 Å². The molecule has 0 spiro atoms. The van der Waals surface area contributed by atoms with Gasteiger partial charge in [0.1, 0.15) is 0 Å². The number of carbonyl (C=O) groups is 1. The molecular weight excluding hydrogens is 134 g/mol. The van der Waals surface area contributed by atoms with E-state index in [2.05, 4.69) is 15.9 Å². The molecule has 0 aromatic carbocycles. The highest BCUT2D eigenvalue weighted by Crippen LogP contribution is 1.89. The number of hydrogen-bond donors (Lipinski definition) is 0. The van der Waals surface area contributed by atoms with Crippen LogP contribution in [0.4, 0.5) is 8.78 Å². The Hall–Kier alpha value is -0.750. The van der Waals surface area contributed by atoms with Crippen LogP contribution in [0.1, 0.15) is 6.92 Å². The van der Waals surface area contributed by atoms with Crippen molar-refractivity contribution < 1.29 is 18.4 Å². The standard InChI is InChI=1S/C3H4F2N2O2/c1-2(8)6-7-9-3(4)5/h3H,1H3. The van der Waals surface area contributed by atoms with Crippen molar-refractivity contribution in [3.05, 3.63) is 0 Å². The Labute approximate surface area is 50.1 Å². The zero-order valence-electron chi connectivity index (χ0n) is 4.54. The molecule has 52 valence electrons. The van der Waals surface area contributed by atoms with Crippen LogP contribution in [0.15, 0.2) is 0 Å². The molecule has 0 saturated carbocycles. The van der Waals surface area contributed by atoms with Crippen LogP contribution >= 0.6 is 0 Å². The van der Waals surface area contributed by atoms with Crippen molar-refractivity contribution in [2.45, 2.75) is 13.5 Å². The van der Waals surface area contributed by atoms with E-state index >= 15 is 0 Å². The second-order valence-electron chi connectivity index (χ2n) is 1.07. The van der Waals surface area contributed by atoms with E-state index in [0.29, 0.717) is 0 Å². The van der Waals surface area contributed by atoms with Gasteiger partial charge in [-0.15, -0.1) is 5.43 Å². The van der Waals surface area contributed by atoms with Crippen LogP contribution in [-0.2, 0) is 9.63 Å². The summed E-state index contributed by atoms with van der Waals surface area (Å²) in [4.78, 5) is 13.1. The lowest BCUT2D eigenvalue weighted by Gasteiger charge is -1.95. The smallest absolute Gasteiger partial charge is 0.272 e. The molecule has 6 heteroatoms. The third kappa shape index (κ3) is 7.25. The topological polar surface area (TPSA) is 54.5 Å². The normalized spacial score (nSPS) is 9.78. The van der Waals surface area contributed by atoms with Gasteiger partial charge in [-0.3, -0.25) is 4.79 Å². The Morgan fingerprint density at radius 2 is 2.22 bits per heavy atom. The van der Waals surface area contributed by atoms with Gasteiger partial charge in [-0.05, 0) is 0 Å². The molecule has 0 aliphatic carbocycles. The van der Waals surface area contributed by atoms with Crippen molar-refractivity contribution in [1.82, 2.24) is 11.0 Å². The Kier molecular flexibility index (Phi) is 3.81. The summed E-state index contributed by atoms with van der Waals surface area (Å²) in [5.74, 6) is -0.685. The minimum Gasteiger partial charge on any atom is -0.272 e. The lowest BCUT2D eigenvalue weighted by Crippen LogP contribution is -2.23. The maximum Gasteiger partial charge on any atom is 0.363 e. The molecule has 0 atom stereocenters. The number of nitrogens with zero attached hydrogens (tertiary/aromatic N) is 2. The first kappa shape index (κ1) is 8.25.